The van der Waals surface area contributed by atoms with Gasteiger partial charge in [0.15, 0.2) is 11.7 Å². The molecular weight excluding hydrogens is 394 g/mol. The summed E-state index contributed by atoms with van der Waals surface area (Å²) in [6.45, 7) is 6.66. The molecule has 2 heterocycles. The number of amidine groups is 2. The summed E-state index contributed by atoms with van der Waals surface area (Å²) in [5.74, 6) is 1.96. The molecule has 31 heavy (non-hydrogen) atoms. The lowest BCUT2D eigenvalue weighted by Gasteiger charge is -2.22. The number of rotatable bonds is 6. The van der Waals surface area contributed by atoms with E-state index in [0.29, 0.717) is 30.6 Å². The summed E-state index contributed by atoms with van der Waals surface area (Å²) in [5, 5.41) is 9.50. The largest absolute Gasteiger partial charge is 0.490 e. The lowest BCUT2D eigenvalue weighted by molar-refractivity contribution is -0.114. The number of fused-ring (bicyclic) bond motifs is 1. The summed E-state index contributed by atoms with van der Waals surface area (Å²) in [7, 11) is 0. The van der Waals surface area contributed by atoms with Crippen molar-refractivity contribution in [2.24, 2.45) is 4.99 Å². The summed E-state index contributed by atoms with van der Waals surface area (Å²) >= 11 is 0. The number of hydrogen-bond donors (Lipinski definition) is 1. The molecule has 2 aliphatic rings. The molecule has 4 rings (SSSR count). The quantitative estimate of drug-likeness (QED) is 0.562. The van der Waals surface area contributed by atoms with Gasteiger partial charge in [-0.2, -0.15) is 4.99 Å². The van der Waals surface area contributed by atoms with Gasteiger partial charge in [-0.25, -0.2) is 0 Å². The van der Waals surface area contributed by atoms with E-state index in [4.69, 9.17) is 19.7 Å². The van der Waals surface area contributed by atoms with Crippen LogP contribution in [-0.4, -0.2) is 35.9 Å². The molecule has 0 aliphatic carbocycles. The van der Waals surface area contributed by atoms with Gasteiger partial charge in [-0.15, -0.1) is 5.06 Å². The number of hydrogen-bond acceptors (Lipinski definition) is 5. The van der Waals surface area contributed by atoms with E-state index in [0.717, 1.165) is 16.9 Å². The average Bonchev–Trinajstić information content (AvgIpc) is 3.11. The van der Waals surface area contributed by atoms with Crippen molar-refractivity contribution in [1.29, 1.82) is 5.41 Å². The van der Waals surface area contributed by atoms with Gasteiger partial charge in [-0.1, -0.05) is 29.8 Å². The van der Waals surface area contributed by atoms with Crippen LogP contribution in [0.15, 0.2) is 64.9 Å². The predicted octanol–water partition coefficient (Wildman–Crippen LogP) is 4.21. The Hall–Kier alpha value is -3.87. The highest BCUT2D eigenvalue weighted by molar-refractivity contribution is 6.32. The molecule has 2 aliphatic heterocycles. The Bertz CT molecular complexity index is 1130. The third kappa shape index (κ3) is 4.50. The van der Waals surface area contributed by atoms with Crippen LogP contribution in [0.4, 0.5) is 0 Å². The van der Waals surface area contributed by atoms with Gasteiger partial charge in [-0.05, 0) is 56.2 Å². The molecule has 0 aromatic heterocycles. The Morgan fingerprint density at radius 3 is 2.55 bits per heavy atom. The van der Waals surface area contributed by atoms with Gasteiger partial charge in [0.2, 0.25) is 0 Å². The second-order valence-corrected chi connectivity index (χ2v) is 7.36. The van der Waals surface area contributed by atoms with Crippen LogP contribution in [0, 0.1) is 19.3 Å². The highest BCUT2D eigenvalue weighted by Crippen LogP contribution is 2.24. The second kappa shape index (κ2) is 8.47. The third-order valence-electron chi connectivity index (χ3n) is 4.81. The van der Waals surface area contributed by atoms with E-state index in [1.54, 1.807) is 19.1 Å². The molecule has 7 nitrogen and oxygen atoms in total. The number of hydroxylamine groups is 2. The molecule has 0 fully saturated rings. The molecule has 7 heteroatoms. The minimum absolute atomic E-state index is 0.0352. The average molecular weight is 417 g/mol. The number of benzene rings is 2. The number of carbonyl (C=O) groups is 1. The molecule has 0 unspecified atom stereocenters. The fourth-order valence-electron chi connectivity index (χ4n) is 3.30. The first kappa shape index (κ1) is 20.4. The molecule has 1 amide bonds. The van der Waals surface area contributed by atoms with E-state index in [1.165, 1.54) is 10.6 Å². The number of nitrogens with one attached hydrogen (secondary N) is 1. The van der Waals surface area contributed by atoms with E-state index in [9.17, 15) is 4.79 Å². The highest BCUT2D eigenvalue weighted by Gasteiger charge is 2.34. The maximum Gasteiger partial charge on any atom is 0.282 e. The molecule has 0 saturated carbocycles. The van der Waals surface area contributed by atoms with Crippen LogP contribution in [0.1, 0.15) is 23.6 Å². The van der Waals surface area contributed by atoms with Crippen LogP contribution in [0.25, 0.3) is 6.08 Å². The SMILES string of the molecule is CC1=CC2=NC(=O)/C(=C\c3ccc(OCCOc4ccc(C)cc4C)cc3)C(=N)N2O1. The van der Waals surface area contributed by atoms with E-state index in [1.807, 2.05) is 43.3 Å². The zero-order chi connectivity index (χ0) is 22.0. The van der Waals surface area contributed by atoms with Gasteiger partial charge in [0.05, 0.1) is 5.57 Å². The molecule has 2 aromatic rings. The van der Waals surface area contributed by atoms with E-state index < -0.39 is 5.91 Å². The van der Waals surface area contributed by atoms with E-state index in [2.05, 4.69) is 18.0 Å². The van der Waals surface area contributed by atoms with Crippen molar-refractivity contribution in [3.8, 4) is 11.5 Å². The Morgan fingerprint density at radius 1 is 1.06 bits per heavy atom. The Balaban J connectivity index is 1.34. The number of allylic oxidation sites excluding steroid dienone is 1. The number of nitrogens with zero attached hydrogens (tertiary/aromatic N) is 2. The van der Waals surface area contributed by atoms with Gasteiger partial charge in [0, 0.05) is 6.08 Å². The maximum absolute atomic E-state index is 12.3. The number of aliphatic imine (C=N–C) groups is 1. The first-order chi connectivity index (χ1) is 14.9. The van der Waals surface area contributed by atoms with E-state index >= 15 is 0 Å². The molecule has 1 N–H and O–H groups in total. The first-order valence-electron chi connectivity index (χ1n) is 9.93. The van der Waals surface area contributed by atoms with Crippen molar-refractivity contribution in [3.05, 3.63) is 76.6 Å². The van der Waals surface area contributed by atoms with Crippen LogP contribution in [0.3, 0.4) is 0 Å². The lowest BCUT2D eigenvalue weighted by atomic mass is 10.1. The Morgan fingerprint density at radius 2 is 1.81 bits per heavy atom. The van der Waals surface area contributed by atoms with Crippen LogP contribution >= 0.6 is 0 Å². The van der Waals surface area contributed by atoms with Crippen LogP contribution in [-0.2, 0) is 9.63 Å². The minimum atomic E-state index is -0.463. The van der Waals surface area contributed by atoms with Crippen LogP contribution in [0.2, 0.25) is 0 Å². The zero-order valence-corrected chi connectivity index (χ0v) is 17.6. The van der Waals surface area contributed by atoms with Crippen molar-refractivity contribution in [2.75, 3.05) is 13.2 Å². The summed E-state index contributed by atoms with van der Waals surface area (Å²) in [4.78, 5) is 21.7. The van der Waals surface area contributed by atoms with Crippen LogP contribution < -0.4 is 9.47 Å². The van der Waals surface area contributed by atoms with Crippen molar-refractivity contribution in [1.82, 2.24) is 5.06 Å². The summed E-state index contributed by atoms with van der Waals surface area (Å²) < 4.78 is 11.5. The van der Waals surface area contributed by atoms with Crippen molar-refractivity contribution in [3.63, 3.8) is 0 Å². The number of aryl methyl sites for hydroxylation is 2. The van der Waals surface area contributed by atoms with E-state index in [-0.39, 0.29) is 11.4 Å². The Kier molecular flexibility index (Phi) is 5.58. The molecular formula is C24H23N3O4. The topological polar surface area (TPSA) is 84.2 Å². The predicted molar refractivity (Wildman–Crippen MR) is 118 cm³/mol. The van der Waals surface area contributed by atoms with Crippen LogP contribution in [0.5, 0.6) is 11.5 Å². The fraction of sp³-hybridized carbons (Fsp3) is 0.208. The smallest absolute Gasteiger partial charge is 0.282 e. The summed E-state index contributed by atoms with van der Waals surface area (Å²) in [5.41, 5.74) is 3.23. The monoisotopic (exact) mass is 417 g/mol. The number of amides is 1. The molecule has 0 atom stereocenters. The standard InChI is InChI=1S/C24H23N3O4/c1-15-4-9-21(16(2)12-15)30-11-10-29-19-7-5-18(6-8-19)14-20-23(25)27-22(26-24(20)28)13-17(3)31-27/h4-9,12-14,25H,10-11H2,1-3H3/b20-14-,25-23?. The number of ether oxygens (including phenoxy) is 2. The summed E-state index contributed by atoms with van der Waals surface area (Å²) in [6.07, 6.45) is 3.24. The highest BCUT2D eigenvalue weighted by atomic mass is 16.7. The van der Waals surface area contributed by atoms with Gasteiger partial charge in [-0.3, -0.25) is 10.2 Å². The van der Waals surface area contributed by atoms with Crippen molar-refractivity contribution in [2.45, 2.75) is 20.8 Å². The molecule has 0 saturated heterocycles. The summed E-state index contributed by atoms with van der Waals surface area (Å²) in [6, 6.07) is 13.3. The second-order valence-electron chi connectivity index (χ2n) is 7.36. The van der Waals surface area contributed by atoms with Crippen molar-refractivity contribution >= 4 is 23.7 Å². The zero-order valence-electron chi connectivity index (χ0n) is 17.6. The molecule has 0 radical (unpaired) electrons. The van der Waals surface area contributed by atoms with Gasteiger partial charge >= 0.3 is 0 Å². The number of carbonyl (C=O) groups excluding carboxylic acids is 1. The van der Waals surface area contributed by atoms with Gasteiger partial charge in [0.1, 0.15) is 30.5 Å². The third-order valence-corrected chi connectivity index (χ3v) is 4.81. The molecule has 2 aromatic carbocycles. The molecule has 0 bridgehead atoms. The van der Waals surface area contributed by atoms with Gasteiger partial charge in [0.25, 0.3) is 5.91 Å². The van der Waals surface area contributed by atoms with Gasteiger partial charge < -0.3 is 14.3 Å². The molecule has 158 valence electrons. The fourth-order valence-corrected chi connectivity index (χ4v) is 3.30. The first-order valence-corrected chi connectivity index (χ1v) is 9.93. The van der Waals surface area contributed by atoms with Crippen molar-refractivity contribution < 1.29 is 19.1 Å². The lowest BCUT2D eigenvalue weighted by Crippen LogP contribution is -2.38. The normalized spacial score (nSPS) is 16.6. The Labute approximate surface area is 180 Å². The minimum Gasteiger partial charge on any atom is -0.490 e. The maximum atomic E-state index is 12.3. The molecule has 0 spiro atoms.